The molecular formula is C21H28O5. The summed E-state index contributed by atoms with van der Waals surface area (Å²) in [6, 6.07) is -0.936. The van der Waals surface area contributed by atoms with Crippen molar-refractivity contribution in [3.63, 3.8) is 0 Å². The molecule has 0 amide bonds. The third kappa shape index (κ3) is 2.07. The zero-order valence-electron chi connectivity index (χ0n) is 22.8. The molecule has 3 saturated carbocycles. The Labute approximate surface area is 165 Å². The van der Waals surface area contributed by atoms with E-state index >= 15 is 0 Å². The fraction of sp³-hybridized carbons (Fsp3) is 0.762. The van der Waals surface area contributed by atoms with Crippen molar-refractivity contribution in [3.8, 4) is 0 Å². The zero-order chi connectivity index (χ0) is 26.1. The van der Waals surface area contributed by atoms with Crippen LogP contribution in [0, 0.1) is 28.6 Å². The normalized spacial score (nSPS) is 61.2. The average molecular weight is 368 g/mol. The van der Waals surface area contributed by atoms with Crippen molar-refractivity contribution in [1.82, 2.24) is 0 Å². The molecule has 0 radical (unpaired) electrons. The third-order valence-electron chi connectivity index (χ3n) is 6.98. The van der Waals surface area contributed by atoms with Crippen molar-refractivity contribution in [1.29, 1.82) is 0 Å². The number of aliphatic hydroxyl groups excluding tert-OH is 1. The molecule has 4 aliphatic rings. The first kappa shape index (κ1) is 10.9. The van der Waals surface area contributed by atoms with Crippen LogP contribution in [0.2, 0.25) is 0 Å². The van der Waals surface area contributed by atoms with Crippen LogP contribution in [0.25, 0.3) is 0 Å². The molecule has 5 nitrogen and oxygen atoms in total. The van der Waals surface area contributed by atoms with Crippen molar-refractivity contribution in [2.45, 2.75) is 64.3 Å². The Morgan fingerprint density at radius 1 is 1.35 bits per heavy atom. The van der Waals surface area contributed by atoms with Crippen LogP contribution in [-0.4, -0.2) is 39.8 Å². The van der Waals surface area contributed by atoms with Gasteiger partial charge in [0.2, 0.25) is 0 Å². The van der Waals surface area contributed by atoms with Crippen molar-refractivity contribution in [3.05, 3.63) is 11.6 Å². The lowest BCUT2D eigenvalue weighted by Gasteiger charge is -2.57. The second kappa shape index (κ2) is 5.59. The van der Waals surface area contributed by atoms with Gasteiger partial charge in [-0.2, -0.15) is 0 Å². The topological polar surface area (TPSA) is 91.7 Å². The fourth-order valence-electron chi connectivity index (χ4n) is 5.48. The van der Waals surface area contributed by atoms with E-state index < -0.39 is 102 Å². The van der Waals surface area contributed by atoms with E-state index in [0.29, 0.717) is 0 Å². The Bertz CT molecular complexity index is 1060. The highest BCUT2D eigenvalue weighted by Gasteiger charge is 2.68. The van der Waals surface area contributed by atoms with Gasteiger partial charge in [0.15, 0.2) is 11.6 Å². The van der Waals surface area contributed by atoms with Crippen molar-refractivity contribution in [2.24, 2.45) is 28.6 Å². The monoisotopic (exact) mass is 368 g/mol. The van der Waals surface area contributed by atoms with Gasteiger partial charge >= 0.3 is 0 Å². The summed E-state index contributed by atoms with van der Waals surface area (Å²) in [7, 11) is 0. The van der Waals surface area contributed by atoms with E-state index in [4.69, 9.17) is 9.60 Å². The SMILES string of the molecule is [2H]C1=C2C([2H])([2H])CC3[C@@H]4CC[C@](O)(C(=O)CO)[C@@]4(C)C([2H])([2H])C(=O)[C@]3([2H])[C@@]2(C)CC([2H])([2H])C1=O. The number of hydrogen-bond acceptors (Lipinski definition) is 5. The Kier molecular flexibility index (Phi) is 2.33. The van der Waals surface area contributed by atoms with E-state index in [0.717, 1.165) is 0 Å². The predicted molar refractivity (Wildman–Crippen MR) is 94.1 cm³/mol. The Hall–Kier alpha value is -1.33. The van der Waals surface area contributed by atoms with Gasteiger partial charge in [-0.15, -0.1) is 0 Å². The number of hydrogen-bond donors (Lipinski definition) is 2. The minimum absolute atomic E-state index is 0.0262. The van der Waals surface area contributed by atoms with E-state index in [1.807, 2.05) is 0 Å². The van der Waals surface area contributed by atoms with Crippen LogP contribution in [-0.2, 0) is 14.4 Å². The van der Waals surface area contributed by atoms with Gasteiger partial charge in [0, 0.05) is 33.7 Å². The Morgan fingerprint density at radius 2 is 2.08 bits per heavy atom. The summed E-state index contributed by atoms with van der Waals surface area (Å²) in [6.07, 6.45) is -9.67. The molecule has 26 heavy (non-hydrogen) atoms. The summed E-state index contributed by atoms with van der Waals surface area (Å²) in [4.78, 5) is 39.1. The summed E-state index contributed by atoms with van der Waals surface area (Å²) in [5, 5.41) is 20.8. The average Bonchev–Trinajstić information content (AvgIpc) is 3.00. The molecule has 2 N–H and O–H groups in total. The highest BCUT2D eigenvalue weighted by atomic mass is 16.3. The number of aliphatic hydroxyl groups is 2. The van der Waals surface area contributed by atoms with Crippen LogP contribution >= 0.6 is 0 Å². The molecule has 5 heteroatoms. The maximum atomic E-state index is 14.0. The largest absolute Gasteiger partial charge is 0.388 e. The highest BCUT2D eigenvalue weighted by Crippen LogP contribution is 2.66. The molecule has 4 aliphatic carbocycles. The number of carbonyl (C=O) groups excluding carboxylic acids is 3. The minimum Gasteiger partial charge on any atom is -0.388 e. The van der Waals surface area contributed by atoms with E-state index in [1.165, 1.54) is 13.8 Å². The molecule has 6 atom stereocenters. The second-order valence-corrected chi connectivity index (χ2v) is 8.16. The maximum absolute atomic E-state index is 14.0. The number of Topliss-reactive ketones (excluding diaryl/α,β-unsaturated/α-hetero) is 2. The molecule has 1 unspecified atom stereocenters. The lowest BCUT2D eigenvalue weighted by Crippen LogP contribution is -2.60. The zero-order valence-corrected chi connectivity index (χ0v) is 14.8. The van der Waals surface area contributed by atoms with Crippen LogP contribution in [0.15, 0.2) is 11.6 Å². The van der Waals surface area contributed by atoms with Crippen LogP contribution < -0.4 is 0 Å². The number of rotatable bonds is 2. The molecule has 0 aromatic carbocycles. The van der Waals surface area contributed by atoms with Crippen LogP contribution in [0.5, 0.6) is 0 Å². The molecule has 0 heterocycles. The first-order valence-corrected chi connectivity index (χ1v) is 8.90. The van der Waals surface area contributed by atoms with Crippen molar-refractivity contribution < 1.29 is 35.6 Å². The molecule has 0 saturated heterocycles. The molecule has 0 aliphatic heterocycles. The summed E-state index contributed by atoms with van der Waals surface area (Å²) in [6.45, 7) is 1.38. The van der Waals surface area contributed by atoms with Crippen molar-refractivity contribution >= 4 is 17.3 Å². The van der Waals surface area contributed by atoms with Crippen LogP contribution in [0.1, 0.15) is 69.6 Å². The summed E-state index contributed by atoms with van der Waals surface area (Å²) < 4.78 is 69.0. The van der Waals surface area contributed by atoms with Gasteiger partial charge in [-0.05, 0) is 55.4 Å². The quantitative estimate of drug-likeness (QED) is 0.778. The second-order valence-electron chi connectivity index (χ2n) is 8.16. The summed E-state index contributed by atoms with van der Waals surface area (Å²) >= 11 is 0. The van der Waals surface area contributed by atoms with E-state index in [2.05, 4.69) is 0 Å². The standard InChI is InChI=1S/C21H28O5/c1-19-7-5-13(23)9-12(19)3-4-14-15-6-8-21(26,17(25)11-22)20(15,2)10-16(24)18(14)19/h9,14-15,18,22,26H,3-8,10-11H2,1-2H3/t14?,15-,18+,19-,20-,21-/m0/s1/i3D2,5D2,9D,10D2,18D. The van der Waals surface area contributed by atoms with Crippen LogP contribution in [0.3, 0.4) is 0 Å². The van der Waals surface area contributed by atoms with E-state index in [1.54, 1.807) is 0 Å². The van der Waals surface area contributed by atoms with Gasteiger partial charge in [-0.3, -0.25) is 14.4 Å². The summed E-state index contributed by atoms with van der Waals surface area (Å²) in [5.74, 6) is -8.39. The first-order valence-electron chi connectivity index (χ1n) is 12.9. The molecular weight excluding hydrogens is 332 g/mol. The highest BCUT2D eigenvalue weighted by molar-refractivity contribution is 5.94. The molecule has 3 fully saturated rings. The van der Waals surface area contributed by atoms with Gasteiger partial charge in [-0.25, -0.2) is 0 Å². The lowest BCUT2D eigenvalue weighted by molar-refractivity contribution is -0.170. The van der Waals surface area contributed by atoms with Crippen molar-refractivity contribution in [2.75, 3.05) is 6.61 Å². The minimum atomic E-state index is -2.99. The molecule has 4 rings (SSSR count). The fourth-order valence-corrected chi connectivity index (χ4v) is 5.48. The smallest absolute Gasteiger partial charge is 0.190 e. The number of ketones is 3. The van der Waals surface area contributed by atoms with Crippen LogP contribution in [0.4, 0.5) is 0 Å². The van der Waals surface area contributed by atoms with Gasteiger partial charge in [0.1, 0.15) is 18.0 Å². The molecule has 0 aromatic heterocycles. The first-order chi connectivity index (χ1) is 15.2. The third-order valence-corrected chi connectivity index (χ3v) is 6.98. The van der Waals surface area contributed by atoms with Gasteiger partial charge in [0.05, 0.1) is 1.37 Å². The molecule has 142 valence electrons. The van der Waals surface area contributed by atoms with Gasteiger partial charge in [0.25, 0.3) is 0 Å². The molecule has 0 aromatic rings. The molecule has 0 bridgehead atoms. The summed E-state index contributed by atoms with van der Waals surface area (Å²) in [5.41, 5.74) is -7.00. The maximum Gasteiger partial charge on any atom is 0.190 e. The van der Waals surface area contributed by atoms with Gasteiger partial charge in [-0.1, -0.05) is 19.4 Å². The number of allylic oxidation sites excluding steroid dienone is 1. The van der Waals surface area contributed by atoms with E-state index in [9.17, 15) is 26.0 Å². The molecule has 0 spiro atoms. The predicted octanol–water partition coefficient (Wildman–Crippen LogP) is 1.99. The lowest BCUT2D eigenvalue weighted by atomic mass is 9.46. The Balaban J connectivity index is 2.04. The number of fused-ring (bicyclic) bond motifs is 5. The van der Waals surface area contributed by atoms with Gasteiger partial charge < -0.3 is 10.2 Å². The Morgan fingerprint density at radius 3 is 2.77 bits per heavy atom. The number of carbonyl (C=O) groups is 3. The van der Waals surface area contributed by atoms with E-state index in [-0.39, 0.29) is 12.8 Å².